The monoisotopic (exact) mass is 569 g/mol. The van der Waals surface area contributed by atoms with Crippen LogP contribution >= 0.6 is 0 Å². The maximum atomic E-state index is 12.3. The molecule has 0 aliphatic carbocycles. The van der Waals surface area contributed by atoms with Crippen molar-refractivity contribution in [3.8, 4) is 11.6 Å². The molecule has 0 amide bonds. The van der Waals surface area contributed by atoms with Crippen LogP contribution < -0.4 is 15.0 Å². The highest BCUT2D eigenvalue weighted by molar-refractivity contribution is 6.51. The minimum absolute atomic E-state index is 0.337. The van der Waals surface area contributed by atoms with Gasteiger partial charge in [-0.25, -0.2) is 19.8 Å². The molecule has 2 aromatic heterocycles. The number of amidine groups is 2. The largest absolute Gasteiger partial charge is 0.497 e. The smallest absolute Gasteiger partial charge is 0.337 e. The zero-order chi connectivity index (χ0) is 29.5. The number of aromatic nitrogens is 3. The number of nitrogens with zero attached hydrogens (tertiary/aromatic N) is 6. The van der Waals surface area contributed by atoms with E-state index in [0.717, 1.165) is 39.6 Å². The average molecular weight is 570 g/mol. The summed E-state index contributed by atoms with van der Waals surface area (Å²) in [5, 5.41) is 8.40. The van der Waals surface area contributed by atoms with Gasteiger partial charge in [-0.05, 0) is 73.2 Å². The maximum absolute atomic E-state index is 12.3. The summed E-state index contributed by atoms with van der Waals surface area (Å²) in [7, 11) is 3.02. The van der Waals surface area contributed by atoms with Gasteiger partial charge < -0.3 is 19.7 Å². The quantitative estimate of drug-likeness (QED) is 0.253. The predicted octanol–water partition coefficient (Wildman–Crippen LogP) is 6.17. The molecule has 0 spiro atoms. The third kappa shape index (κ3) is 4.49. The Bertz CT molecular complexity index is 1900. The summed E-state index contributed by atoms with van der Waals surface area (Å²) >= 11 is 0. The van der Waals surface area contributed by atoms with Gasteiger partial charge in [-0.1, -0.05) is 30.3 Å². The topological polar surface area (TPSA) is 106 Å². The molecule has 7 rings (SSSR count). The maximum Gasteiger partial charge on any atom is 0.337 e. The van der Waals surface area contributed by atoms with Crippen molar-refractivity contribution in [3.63, 3.8) is 0 Å². The van der Waals surface area contributed by atoms with Gasteiger partial charge in [-0.3, -0.25) is 0 Å². The third-order valence-corrected chi connectivity index (χ3v) is 7.50. The van der Waals surface area contributed by atoms with Crippen LogP contribution in [-0.4, -0.2) is 46.6 Å². The number of methoxy groups -OCH3 is 2. The SMILES string of the molecule is COC(=O)c1ccc([C@@H]2c3c(C)nn(-c4ccccn4)c3N=C3C(Nc4ccc(OC)cc4)=Nc4ccccc4N32)cc1. The highest BCUT2D eigenvalue weighted by Crippen LogP contribution is 2.48. The predicted molar refractivity (Wildman–Crippen MR) is 165 cm³/mol. The third-order valence-electron chi connectivity index (χ3n) is 7.50. The lowest BCUT2D eigenvalue weighted by Crippen LogP contribution is -2.46. The van der Waals surface area contributed by atoms with Gasteiger partial charge in [0.2, 0.25) is 0 Å². The summed E-state index contributed by atoms with van der Waals surface area (Å²) in [5.74, 6) is 2.89. The van der Waals surface area contributed by atoms with Crippen molar-refractivity contribution in [1.29, 1.82) is 0 Å². The molecule has 0 saturated carbocycles. The molecule has 0 fully saturated rings. The molecule has 5 aromatic rings. The lowest BCUT2D eigenvalue weighted by molar-refractivity contribution is 0.0600. The first-order chi connectivity index (χ1) is 21.1. The van der Waals surface area contributed by atoms with Crippen molar-refractivity contribution >= 4 is 40.5 Å². The number of hydrogen-bond donors (Lipinski definition) is 1. The van der Waals surface area contributed by atoms with Crippen molar-refractivity contribution in [3.05, 3.63) is 120 Å². The number of para-hydroxylation sites is 2. The number of nitrogens with one attached hydrogen (secondary N) is 1. The Balaban J connectivity index is 1.45. The van der Waals surface area contributed by atoms with Gasteiger partial charge >= 0.3 is 5.97 Å². The summed E-state index contributed by atoms with van der Waals surface area (Å²) in [6.45, 7) is 1.98. The van der Waals surface area contributed by atoms with E-state index in [0.29, 0.717) is 28.9 Å². The summed E-state index contributed by atoms with van der Waals surface area (Å²) < 4.78 is 12.1. The number of benzene rings is 3. The van der Waals surface area contributed by atoms with Crippen molar-refractivity contribution < 1.29 is 14.3 Å². The molecule has 0 bridgehead atoms. The van der Waals surface area contributed by atoms with Crippen LogP contribution in [0.4, 0.5) is 22.9 Å². The van der Waals surface area contributed by atoms with Crippen LogP contribution in [0.1, 0.15) is 33.2 Å². The summed E-state index contributed by atoms with van der Waals surface area (Å²) in [4.78, 5) is 29.2. The molecule has 0 unspecified atom stereocenters. The molecule has 0 radical (unpaired) electrons. The van der Waals surface area contributed by atoms with Crippen LogP contribution in [0, 0.1) is 6.92 Å². The standard InChI is InChI=1S/C33H27N7O3/c1-20-28-29(21-11-13-22(14-12-21)33(41)43-3)39-26-9-5-4-8-25(26)36-30(35-23-15-17-24(42-2)18-16-23)32(39)37-31(28)40(38-20)27-10-6-7-19-34-27/h4-19,29H,1-3H3,(H,35,36)/t29-/m1/s1. The number of rotatable bonds is 5. The van der Waals surface area contributed by atoms with Gasteiger partial charge in [-0.15, -0.1) is 0 Å². The molecular formula is C33H27N7O3. The number of pyridine rings is 1. The molecule has 2 aliphatic heterocycles. The Hall–Kier alpha value is -5.77. The molecular weight excluding hydrogens is 542 g/mol. The second kappa shape index (κ2) is 10.6. The lowest BCUT2D eigenvalue weighted by atomic mass is 9.92. The second-order valence-electron chi connectivity index (χ2n) is 10.0. The summed E-state index contributed by atoms with van der Waals surface area (Å²) in [6, 6.07) is 28.5. The molecule has 0 saturated heterocycles. The zero-order valence-electron chi connectivity index (χ0n) is 23.7. The van der Waals surface area contributed by atoms with E-state index in [1.807, 2.05) is 85.8 Å². The highest BCUT2D eigenvalue weighted by Gasteiger charge is 2.41. The van der Waals surface area contributed by atoms with Crippen LogP contribution in [0.25, 0.3) is 5.82 Å². The summed E-state index contributed by atoms with van der Waals surface area (Å²) in [6.07, 6.45) is 1.74. The molecule has 212 valence electrons. The fraction of sp³-hybridized carbons (Fsp3) is 0.121. The zero-order valence-corrected chi connectivity index (χ0v) is 23.7. The van der Waals surface area contributed by atoms with Crippen LogP contribution in [0.5, 0.6) is 5.75 Å². The van der Waals surface area contributed by atoms with Crippen LogP contribution in [0.15, 0.2) is 107 Å². The van der Waals surface area contributed by atoms with E-state index in [1.165, 1.54) is 7.11 Å². The van der Waals surface area contributed by atoms with E-state index in [4.69, 9.17) is 24.6 Å². The molecule has 10 heteroatoms. The van der Waals surface area contributed by atoms with Crippen molar-refractivity contribution in [2.75, 3.05) is 24.4 Å². The number of hydrogen-bond acceptors (Lipinski definition) is 9. The van der Waals surface area contributed by atoms with Crippen molar-refractivity contribution in [2.45, 2.75) is 13.0 Å². The number of ether oxygens (including phenoxy) is 2. The average Bonchev–Trinajstić information content (AvgIpc) is 3.40. The van der Waals surface area contributed by atoms with E-state index in [9.17, 15) is 4.79 Å². The Morgan fingerprint density at radius 1 is 0.884 bits per heavy atom. The van der Waals surface area contributed by atoms with Crippen LogP contribution in [0.2, 0.25) is 0 Å². The minimum atomic E-state index is -0.390. The first-order valence-electron chi connectivity index (χ1n) is 13.7. The van der Waals surface area contributed by atoms with Gasteiger partial charge in [0.25, 0.3) is 0 Å². The summed E-state index contributed by atoms with van der Waals surface area (Å²) in [5.41, 5.74) is 5.70. The molecule has 1 N–H and O–H groups in total. The molecule has 3 aromatic carbocycles. The van der Waals surface area contributed by atoms with Crippen LogP contribution in [-0.2, 0) is 4.74 Å². The van der Waals surface area contributed by atoms with Gasteiger partial charge in [0.1, 0.15) is 5.75 Å². The molecule has 10 nitrogen and oxygen atoms in total. The molecule has 2 aliphatic rings. The Labute approximate surface area is 248 Å². The number of aryl methyl sites for hydroxylation is 1. The van der Waals surface area contributed by atoms with Gasteiger partial charge in [0, 0.05) is 17.4 Å². The number of aliphatic imine (C=N–C) groups is 2. The highest BCUT2D eigenvalue weighted by atomic mass is 16.5. The number of anilines is 2. The van der Waals surface area contributed by atoms with E-state index in [1.54, 1.807) is 30.1 Å². The number of carbonyl (C=O) groups is 1. The first kappa shape index (κ1) is 26.1. The molecule has 43 heavy (non-hydrogen) atoms. The Kier molecular flexibility index (Phi) is 6.43. The second-order valence-corrected chi connectivity index (χ2v) is 10.0. The number of esters is 1. The molecule has 1 atom stereocenters. The lowest BCUT2D eigenvalue weighted by Gasteiger charge is -2.40. The fourth-order valence-corrected chi connectivity index (χ4v) is 5.48. The number of carbonyl (C=O) groups excluding carboxylic acids is 1. The van der Waals surface area contributed by atoms with Gasteiger partial charge in [-0.2, -0.15) is 9.78 Å². The van der Waals surface area contributed by atoms with Gasteiger partial charge in [0.05, 0.1) is 42.9 Å². The van der Waals surface area contributed by atoms with E-state index in [2.05, 4.69) is 15.2 Å². The molecule has 4 heterocycles. The van der Waals surface area contributed by atoms with Crippen LogP contribution in [0.3, 0.4) is 0 Å². The van der Waals surface area contributed by atoms with Crippen molar-refractivity contribution in [2.24, 2.45) is 9.98 Å². The first-order valence-corrected chi connectivity index (χ1v) is 13.7. The minimum Gasteiger partial charge on any atom is -0.497 e. The van der Waals surface area contributed by atoms with E-state index >= 15 is 0 Å². The van der Waals surface area contributed by atoms with E-state index < -0.39 is 5.97 Å². The van der Waals surface area contributed by atoms with Gasteiger partial charge in [0.15, 0.2) is 23.3 Å². The number of fused-ring (bicyclic) bond motifs is 4. The van der Waals surface area contributed by atoms with Crippen molar-refractivity contribution in [1.82, 2.24) is 14.8 Å². The Morgan fingerprint density at radius 2 is 1.65 bits per heavy atom. The normalized spacial score (nSPS) is 15.0. The fourth-order valence-electron chi connectivity index (χ4n) is 5.48. The Morgan fingerprint density at radius 3 is 2.37 bits per heavy atom. The van der Waals surface area contributed by atoms with E-state index in [-0.39, 0.29) is 6.04 Å².